The lowest BCUT2D eigenvalue weighted by atomic mass is 10.1. The highest BCUT2D eigenvalue weighted by molar-refractivity contribution is 5.81. The van der Waals surface area contributed by atoms with Gasteiger partial charge in [-0.25, -0.2) is 9.37 Å². The van der Waals surface area contributed by atoms with Gasteiger partial charge < -0.3 is 14.4 Å². The second-order valence-corrected chi connectivity index (χ2v) is 7.47. The molecular formula is C24H23FN6O2. The summed E-state index contributed by atoms with van der Waals surface area (Å²) in [5.74, 6) is 0.819. The molecule has 1 aliphatic rings. The first-order valence-corrected chi connectivity index (χ1v) is 10.5. The number of nitriles is 1. The van der Waals surface area contributed by atoms with Crippen molar-refractivity contribution in [2.45, 2.75) is 13.0 Å². The molecule has 168 valence electrons. The highest BCUT2D eigenvalue weighted by Crippen LogP contribution is 2.29. The average Bonchev–Trinajstić information content (AvgIpc) is 3.33. The summed E-state index contributed by atoms with van der Waals surface area (Å²) in [5, 5.41) is 16.2. The zero-order valence-corrected chi connectivity index (χ0v) is 18.2. The van der Waals surface area contributed by atoms with Crippen LogP contribution in [0.2, 0.25) is 0 Å². The molecule has 1 atom stereocenters. The largest absolute Gasteiger partial charge is 0.482 e. The van der Waals surface area contributed by atoms with Gasteiger partial charge in [-0.05, 0) is 48.4 Å². The third kappa shape index (κ3) is 5.25. The Balaban J connectivity index is 1.59. The number of nitrogens with one attached hydrogen (secondary N) is 1. The molecule has 4 rings (SSSR count). The van der Waals surface area contributed by atoms with E-state index in [0.29, 0.717) is 41.5 Å². The Morgan fingerprint density at radius 1 is 1.24 bits per heavy atom. The minimum atomic E-state index is -0.513. The number of aromatic nitrogens is 4. The lowest BCUT2D eigenvalue weighted by Gasteiger charge is -2.27. The van der Waals surface area contributed by atoms with Crippen LogP contribution in [0.5, 0.6) is 0 Å². The van der Waals surface area contributed by atoms with E-state index in [1.807, 2.05) is 12.1 Å². The molecule has 33 heavy (non-hydrogen) atoms. The van der Waals surface area contributed by atoms with Gasteiger partial charge in [0, 0.05) is 19.3 Å². The van der Waals surface area contributed by atoms with E-state index in [-0.39, 0.29) is 0 Å². The quantitative estimate of drug-likeness (QED) is 0.434. The van der Waals surface area contributed by atoms with Crippen LogP contribution in [0.15, 0.2) is 55.5 Å². The first kappa shape index (κ1) is 22.2. The van der Waals surface area contributed by atoms with E-state index in [2.05, 4.69) is 37.7 Å². The molecule has 1 N–H and O–H groups in total. The number of pyridine rings is 2. The maximum absolute atomic E-state index is 13.3. The third-order valence-electron chi connectivity index (χ3n) is 5.24. The van der Waals surface area contributed by atoms with Gasteiger partial charge in [0.2, 0.25) is 0 Å². The maximum atomic E-state index is 13.3. The Morgan fingerprint density at radius 2 is 2.06 bits per heavy atom. The maximum Gasteiger partial charge on any atom is 0.147 e. The zero-order chi connectivity index (χ0) is 23.2. The molecule has 1 aliphatic heterocycles. The number of rotatable bonds is 7. The van der Waals surface area contributed by atoms with Crippen LogP contribution >= 0.6 is 0 Å². The molecule has 9 heteroatoms. The molecule has 3 aromatic heterocycles. The van der Waals surface area contributed by atoms with Crippen LogP contribution in [-0.2, 0) is 9.47 Å². The molecule has 0 spiro atoms. The van der Waals surface area contributed by atoms with Crippen LogP contribution in [0.25, 0.3) is 11.3 Å². The number of anilines is 1. The number of allylic oxidation sites excluding steroid dienone is 2. The second kappa shape index (κ2) is 10.1. The predicted octanol–water partition coefficient (Wildman–Crippen LogP) is 3.88. The van der Waals surface area contributed by atoms with E-state index >= 15 is 0 Å². The van der Waals surface area contributed by atoms with Crippen molar-refractivity contribution in [3.63, 3.8) is 0 Å². The number of hydrogen-bond acceptors (Lipinski definition) is 7. The minimum Gasteiger partial charge on any atom is -0.482 e. The molecule has 3 aromatic rings. The van der Waals surface area contributed by atoms with Gasteiger partial charge in [0.1, 0.15) is 40.8 Å². The summed E-state index contributed by atoms with van der Waals surface area (Å²) in [6.45, 7) is 8.92. The van der Waals surface area contributed by atoms with E-state index in [4.69, 9.17) is 9.47 Å². The molecule has 0 radical (unpaired) electrons. The number of nitrogens with zero attached hydrogens (tertiary/aromatic N) is 5. The lowest BCUT2D eigenvalue weighted by Crippen LogP contribution is -2.36. The molecule has 0 bridgehead atoms. The smallest absolute Gasteiger partial charge is 0.147 e. The summed E-state index contributed by atoms with van der Waals surface area (Å²) < 4.78 is 24.8. The first-order valence-electron chi connectivity index (χ1n) is 10.5. The number of hydrogen-bond donors (Lipinski definition) is 1. The van der Waals surface area contributed by atoms with Crippen LogP contribution < -0.4 is 4.90 Å². The molecule has 4 heterocycles. The van der Waals surface area contributed by atoms with Crippen molar-refractivity contribution in [3.8, 4) is 6.07 Å². The molecule has 0 aliphatic carbocycles. The van der Waals surface area contributed by atoms with Gasteiger partial charge in [-0.3, -0.25) is 10.1 Å². The summed E-state index contributed by atoms with van der Waals surface area (Å²) in [7, 11) is 0. The molecule has 0 aromatic carbocycles. The predicted molar refractivity (Wildman–Crippen MR) is 121 cm³/mol. The normalized spacial score (nSPS) is 15.1. The SMILES string of the molecule is C=C(/C=C(/O[C@H](C)c1ccc(F)cn1)c1[nH]ncc1C#N)c1ccc(N2CCOCC2)nc1. The molecule has 8 nitrogen and oxygen atoms in total. The average molecular weight is 446 g/mol. The molecular weight excluding hydrogens is 423 g/mol. The topological polar surface area (TPSA) is 100.0 Å². The number of H-pyrrole nitrogens is 1. The van der Waals surface area contributed by atoms with Gasteiger partial charge in [0.15, 0.2) is 0 Å². The van der Waals surface area contributed by atoms with Crippen LogP contribution in [-0.4, -0.2) is 46.5 Å². The van der Waals surface area contributed by atoms with Gasteiger partial charge >= 0.3 is 0 Å². The van der Waals surface area contributed by atoms with Gasteiger partial charge in [0.25, 0.3) is 0 Å². The van der Waals surface area contributed by atoms with Crippen LogP contribution in [0.4, 0.5) is 10.2 Å². The van der Waals surface area contributed by atoms with E-state index in [1.165, 1.54) is 12.3 Å². The second-order valence-electron chi connectivity index (χ2n) is 7.47. The van der Waals surface area contributed by atoms with E-state index in [9.17, 15) is 9.65 Å². The summed E-state index contributed by atoms with van der Waals surface area (Å²) in [6, 6.07) is 8.86. The first-order chi connectivity index (χ1) is 16.0. The van der Waals surface area contributed by atoms with Crippen molar-refractivity contribution in [2.75, 3.05) is 31.2 Å². The van der Waals surface area contributed by atoms with Crippen molar-refractivity contribution in [1.29, 1.82) is 5.26 Å². The fraction of sp³-hybridized carbons (Fsp3) is 0.250. The Labute approximate surface area is 191 Å². The summed E-state index contributed by atoms with van der Waals surface area (Å²) >= 11 is 0. The van der Waals surface area contributed by atoms with Crippen molar-refractivity contribution in [1.82, 2.24) is 20.2 Å². The lowest BCUT2D eigenvalue weighted by molar-refractivity contribution is 0.122. The molecule has 1 saturated heterocycles. The summed E-state index contributed by atoms with van der Waals surface area (Å²) in [6.07, 6.45) is 5.52. The molecule has 0 amide bonds. The van der Waals surface area contributed by atoms with Crippen molar-refractivity contribution < 1.29 is 13.9 Å². The number of halogens is 1. The monoisotopic (exact) mass is 446 g/mol. The van der Waals surface area contributed by atoms with E-state index in [1.54, 1.807) is 25.3 Å². The summed E-state index contributed by atoms with van der Waals surface area (Å²) in [4.78, 5) is 10.8. The van der Waals surface area contributed by atoms with Gasteiger partial charge in [-0.15, -0.1) is 0 Å². The number of morpholine rings is 1. The third-order valence-corrected chi connectivity index (χ3v) is 5.24. The van der Waals surface area contributed by atoms with E-state index in [0.717, 1.165) is 30.7 Å². The van der Waals surface area contributed by atoms with Crippen LogP contribution in [0.3, 0.4) is 0 Å². The Morgan fingerprint density at radius 3 is 2.73 bits per heavy atom. The Hall–Kier alpha value is -4.03. The van der Waals surface area contributed by atoms with Crippen molar-refractivity contribution in [2.24, 2.45) is 0 Å². The molecule has 0 saturated carbocycles. The van der Waals surface area contributed by atoms with Gasteiger partial charge in [-0.2, -0.15) is 10.4 Å². The Kier molecular flexibility index (Phi) is 6.76. The van der Waals surface area contributed by atoms with Crippen molar-refractivity contribution >= 4 is 17.2 Å². The zero-order valence-electron chi connectivity index (χ0n) is 18.2. The summed E-state index contributed by atoms with van der Waals surface area (Å²) in [5.41, 5.74) is 2.74. The van der Waals surface area contributed by atoms with Gasteiger partial charge in [0.05, 0.1) is 31.3 Å². The van der Waals surface area contributed by atoms with Crippen LogP contribution in [0, 0.1) is 17.1 Å². The Bertz CT molecular complexity index is 1170. The number of aromatic amines is 1. The highest BCUT2D eigenvalue weighted by Gasteiger charge is 2.18. The fourth-order valence-electron chi connectivity index (χ4n) is 3.40. The van der Waals surface area contributed by atoms with E-state index < -0.39 is 11.9 Å². The van der Waals surface area contributed by atoms with Crippen LogP contribution in [0.1, 0.15) is 35.5 Å². The molecule has 0 unspecified atom stereocenters. The standard InChI is InChI=1S/C24H23FN6O2/c1-16(18-3-6-23(28-13-18)31-7-9-32-10-8-31)11-22(24-19(12-26)14-29-30-24)33-17(2)21-5-4-20(25)15-27-21/h3-6,11,13-15,17H,1,7-10H2,2H3,(H,29,30)/b22-11+/t17-/m1/s1. The fourth-order valence-corrected chi connectivity index (χ4v) is 3.40. The molecule has 1 fully saturated rings. The van der Waals surface area contributed by atoms with Gasteiger partial charge in [-0.1, -0.05) is 6.58 Å². The highest BCUT2D eigenvalue weighted by atomic mass is 19.1. The number of ether oxygens (including phenoxy) is 2. The van der Waals surface area contributed by atoms with Crippen molar-refractivity contribution in [3.05, 3.63) is 83.8 Å². The minimum absolute atomic E-state index is 0.328.